The molecule has 6 heteroatoms. The molecule has 3 fully saturated rings. The molecule has 0 N–H and O–H groups in total. The van der Waals surface area contributed by atoms with E-state index in [1.54, 1.807) is 11.3 Å². The van der Waals surface area contributed by atoms with E-state index in [-0.39, 0.29) is 5.92 Å². The number of anilines is 1. The number of benzene rings is 1. The normalized spacial score (nSPS) is 25.3. The van der Waals surface area contributed by atoms with Crippen molar-refractivity contribution in [2.24, 2.45) is 11.8 Å². The molecule has 1 aromatic carbocycles. The van der Waals surface area contributed by atoms with Crippen LogP contribution in [0.25, 0.3) is 10.6 Å². The smallest absolute Gasteiger partial charge is 0.147 e. The summed E-state index contributed by atoms with van der Waals surface area (Å²) in [5.41, 5.74) is 2.48. The molecule has 1 aliphatic heterocycles. The highest BCUT2D eigenvalue weighted by Crippen LogP contribution is 2.38. The Kier molecular flexibility index (Phi) is 7.72. The number of aromatic nitrogens is 2. The van der Waals surface area contributed by atoms with E-state index in [2.05, 4.69) is 44.3 Å². The Morgan fingerprint density at radius 3 is 2.30 bits per heavy atom. The van der Waals surface area contributed by atoms with Crippen molar-refractivity contribution in [2.45, 2.75) is 70.1 Å². The van der Waals surface area contributed by atoms with Crippen molar-refractivity contribution in [1.29, 1.82) is 0 Å². The standard InChI is InChI=1S/C27H38N4OS/c32-20-22-6-8-23(9-7-22)26-28-29-27(33-26)24-10-12-25(13-11-24)31-18-16-30(17-19-31)15-14-21-4-2-1-3-5-21/h10-13,20-23H,1-9,14-19H2. The van der Waals surface area contributed by atoms with Gasteiger partial charge < -0.3 is 9.69 Å². The predicted octanol–water partition coefficient (Wildman–Crippen LogP) is 5.77. The van der Waals surface area contributed by atoms with E-state index in [0.29, 0.717) is 5.92 Å². The fourth-order valence-corrected chi connectivity index (χ4v) is 6.92. The van der Waals surface area contributed by atoms with E-state index in [1.807, 2.05) is 0 Å². The molecule has 0 radical (unpaired) electrons. The van der Waals surface area contributed by atoms with Gasteiger partial charge in [0.05, 0.1) is 0 Å². The molecule has 1 aromatic heterocycles. The molecule has 5 nitrogen and oxygen atoms in total. The molecule has 178 valence electrons. The van der Waals surface area contributed by atoms with Crippen LogP contribution in [0.4, 0.5) is 5.69 Å². The largest absolute Gasteiger partial charge is 0.369 e. The molecule has 0 atom stereocenters. The zero-order valence-electron chi connectivity index (χ0n) is 19.8. The minimum absolute atomic E-state index is 0.250. The summed E-state index contributed by atoms with van der Waals surface area (Å²) < 4.78 is 0. The van der Waals surface area contributed by atoms with Gasteiger partial charge in [0.2, 0.25) is 0 Å². The van der Waals surface area contributed by atoms with Crippen LogP contribution < -0.4 is 4.90 Å². The maximum atomic E-state index is 11.0. The van der Waals surface area contributed by atoms with Gasteiger partial charge in [-0.25, -0.2) is 0 Å². The first kappa shape index (κ1) is 23.0. The third-order valence-corrected chi connectivity index (χ3v) is 9.32. The van der Waals surface area contributed by atoms with Gasteiger partial charge in [0.25, 0.3) is 0 Å². The van der Waals surface area contributed by atoms with Crippen molar-refractivity contribution in [3.63, 3.8) is 0 Å². The van der Waals surface area contributed by atoms with E-state index in [1.165, 1.54) is 63.8 Å². The van der Waals surface area contributed by atoms with Crippen LogP contribution in [-0.4, -0.2) is 54.1 Å². The molecule has 1 saturated heterocycles. The highest BCUT2D eigenvalue weighted by Gasteiger charge is 2.25. The molecule has 0 unspecified atom stereocenters. The molecule has 2 aromatic rings. The van der Waals surface area contributed by atoms with Crippen molar-refractivity contribution in [3.05, 3.63) is 29.3 Å². The Bertz CT molecular complexity index is 876. The van der Waals surface area contributed by atoms with Gasteiger partial charge in [-0.1, -0.05) is 43.4 Å². The minimum Gasteiger partial charge on any atom is -0.369 e. The number of aldehydes is 1. The van der Waals surface area contributed by atoms with Gasteiger partial charge in [-0.3, -0.25) is 4.90 Å². The zero-order valence-corrected chi connectivity index (χ0v) is 20.6. The van der Waals surface area contributed by atoms with Gasteiger partial charge >= 0.3 is 0 Å². The van der Waals surface area contributed by atoms with Gasteiger partial charge in [-0.05, 0) is 68.8 Å². The van der Waals surface area contributed by atoms with Crippen LogP contribution in [0.2, 0.25) is 0 Å². The first-order chi connectivity index (χ1) is 16.3. The summed E-state index contributed by atoms with van der Waals surface area (Å²) in [6.45, 7) is 5.89. The maximum absolute atomic E-state index is 11.0. The molecule has 2 aliphatic carbocycles. The average Bonchev–Trinajstić information content (AvgIpc) is 3.39. The Hall–Kier alpha value is -1.79. The second kappa shape index (κ2) is 11.1. The lowest BCUT2D eigenvalue weighted by atomic mass is 9.83. The van der Waals surface area contributed by atoms with Crippen LogP contribution in [0.3, 0.4) is 0 Å². The van der Waals surface area contributed by atoms with E-state index >= 15 is 0 Å². The van der Waals surface area contributed by atoms with Crippen LogP contribution >= 0.6 is 11.3 Å². The number of nitrogens with zero attached hydrogens (tertiary/aromatic N) is 4. The molecule has 3 aliphatic rings. The highest BCUT2D eigenvalue weighted by atomic mass is 32.1. The second-order valence-corrected chi connectivity index (χ2v) is 11.4. The topological polar surface area (TPSA) is 49.3 Å². The molecular weight excluding hydrogens is 428 g/mol. The lowest BCUT2D eigenvalue weighted by molar-refractivity contribution is -0.111. The van der Waals surface area contributed by atoms with Gasteiger partial charge in [-0.15, -0.1) is 10.2 Å². The zero-order chi connectivity index (χ0) is 22.5. The van der Waals surface area contributed by atoms with E-state index < -0.39 is 0 Å². The third kappa shape index (κ3) is 5.83. The van der Waals surface area contributed by atoms with Gasteiger partial charge in [0.1, 0.15) is 16.3 Å². The van der Waals surface area contributed by atoms with Crippen LogP contribution in [0.1, 0.15) is 75.1 Å². The summed E-state index contributed by atoms with van der Waals surface area (Å²) in [6, 6.07) is 8.92. The monoisotopic (exact) mass is 466 g/mol. The molecule has 0 bridgehead atoms. The van der Waals surface area contributed by atoms with E-state index in [0.717, 1.165) is 66.6 Å². The molecule has 0 spiro atoms. The summed E-state index contributed by atoms with van der Waals surface area (Å²) in [5.74, 6) is 1.71. The Morgan fingerprint density at radius 1 is 0.879 bits per heavy atom. The van der Waals surface area contributed by atoms with Crippen molar-refractivity contribution < 1.29 is 4.79 Å². The van der Waals surface area contributed by atoms with Crippen LogP contribution in [-0.2, 0) is 4.79 Å². The number of hydrogen-bond acceptors (Lipinski definition) is 6. The fourth-order valence-electron chi connectivity index (χ4n) is 5.90. The molecule has 33 heavy (non-hydrogen) atoms. The lowest BCUT2D eigenvalue weighted by Gasteiger charge is -2.37. The summed E-state index contributed by atoms with van der Waals surface area (Å²) in [7, 11) is 0. The first-order valence-electron chi connectivity index (χ1n) is 13.1. The second-order valence-electron chi connectivity index (χ2n) is 10.4. The number of piperazine rings is 1. The molecular formula is C27H38N4OS. The average molecular weight is 467 g/mol. The van der Waals surface area contributed by atoms with Crippen molar-refractivity contribution in [1.82, 2.24) is 15.1 Å². The third-order valence-electron chi connectivity index (χ3n) is 8.18. The Morgan fingerprint density at radius 2 is 1.61 bits per heavy atom. The first-order valence-corrected chi connectivity index (χ1v) is 14.0. The number of carbonyl (C=O) groups excluding carboxylic acids is 1. The van der Waals surface area contributed by atoms with Crippen LogP contribution in [0, 0.1) is 11.8 Å². The molecule has 2 saturated carbocycles. The van der Waals surface area contributed by atoms with Crippen LogP contribution in [0.15, 0.2) is 24.3 Å². The van der Waals surface area contributed by atoms with E-state index in [9.17, 15) is 4.79 Å². The maximum Gasteiger partial charge on any atom is 0.147 e. The predicted molar refractivity (Wildman–Crippen MR) is 136 cm³/mol. The Balaban J connectivity index is 1.11. The number of rotatable bonds is 7. The molecule has 5 rings (SSSR count). The summed E-state index contributed by atoms with van der Waals surface area (Å²) in [4.78, 5) is 16.2. The van der Waals surface area contributed by atoms with Crippen molar-refractivity contribution in [2.75, 3.05) is 37.6 Å². The summed E-state index contributed by atoms with van der Waals surface area (Å²) >= 11 is 1.73. The molecule has 2 heterocycles. The quantitative estimate of drug-likeness (QED) is 0.485. The highest BCUT2D eigenvalue weighted by molar-refractivity contribution is 7.14. The summed E-state index contributed by atoms with van der Waals surface area (Å²) in [6.07, 6.45) is 13.9. The van der Waals surface area contributed by atoms with Gasteiger partial charge in [0, 0.05) is 49.3 Å². The van der Waals surface area contributed by atoms with Gasteiger partial charge in [-0.2, -0.15) is 0 Å². The van der Waals surface area contributed by atoms with E-state index in [4.69, 9.17) is 0 Å². The SMILES string of the molecule is O=CC1CCC(c2nnc(-c3ccc(N4CCN(CCC5CCCCC5)CC4)cc3)s2)CC1. The Labute approximate surface area is 202 Å². The number of hydrogen-bond donors (Lipinski definition) is 0. The lowest BCUT2D eigenvalue weighted by Crippen LogP contribution is -2.46. The van der Waals surface area contributed by atoms with Gasteiger partial charge in [0.15, 0.2) is 0 Å². The molecule has 0 amide bonds. The fraction of sp³-hybridized carbons (Fsp3) is 0.667. The van der Waals surface area contributed by atoms with Crippen molar-refractivity contribution >= 4 is 23.3 Å². The number of carbonyl (C=O) groups is 1. The minimum atomic E-state index is 0.250. The van der Waals surface area contributed by atoms with Crippen LogP contribution in [0.5, 0.6) is 0 Å². The van der Waals surface area contributed by atoms with Crippen molar-refractivity contribution in [3.8, 4) is 10.6 Å². The summed E-state index contributed by atoms with van der Waals surface area (Å²) in [5, 5.41) is 11.2.